The number of ether oxygens (including phenoxy) is 1. The highest BCUT2D eigenvalue weighted by Crippen LogP contribution is 2.37. The van der Waals surface area contributed by atoms with E-state index in [2.05, 4.69) is 182 Å². The molecule has 0 saturated carbocycles. The number of hydrogen-bond donors (Lipinski definition) is 0. The Morgan fingerprint density at radius 3 is 1.04 bits per heavy atom. The predicted octanol–water partition coefficient (Wildman–Crippen LogP) is 12.5. The first kappa shape index (κ1) is 39.8. The van der Waals surface area contributed by atoms with Crippen LogP contribution < -0.4 is 4.74 Å². The second-order valence-corrected chi connectivity index (χ2v) is 17.5. The molecular weight excluding hydrogens is 778 g/mol. The lowest BCUT2D eigenvalue weighted by atomic mass is 10.1. The fourth-order valence-corrected chi connectivity index (χ4v) is 9.05. The molecule has 7 aromatic carbocycles. The summed E-state index contributed by atoms with van der Waals surface area (Å²) in [6, 6.07) is 65.3. The van der Waals surface area contributed by atoms with Gasteiger partial charge in [0.2, 0.25) is 0 Å². The molecule has 0 spiro atoms. The second-order valence-electron chi connectivity index (χ2n) is 11.8. The van der Waals surface area contributed by atoms with Crippen LogP contribution in [-0.2, 0) is 21.0 Å². The Hall–Kier alpha value is -4.91. The lowest BCUT2D eigenvalue weighted by molar-refractivity contribution is -0.0517. The van der Waals surface area contributed by atoms with Crippen molar-refractivity contribution in [2.24, 2.45) is 0 Å². The fraction of sp³-hybridized carbons (Fsp3) is 0.0455. The summed E-state index contributed by atoms with van der Waals surface area (Å²) in [6.07, 6.45) is 0. The van der Waals surface area contributed by atoms with Crippen LogP contribution in [0, 0.1) is 0 Å². The number of methoxy groups -OCH3 is 1. The van der Waals surface area contributed by atoms with Gasteiger partial charge in [-0.15, -0.1) is 0 Å². The Morgan fingerprint density at radius 1 is 0.473 bits per heavy atom. The van der Waals surface area contributed by atoms with Gasteiger partial charge < -0.3 is 9.29 Å². The van der Waals surface area contributed by atoms with E-state index < -0.39 is 15.6 Å². The Labute approximate surface area is 330 Å². The van der Waals surface area contributed by atoms with Crippen molar-refractivity contribution in [3.8, 4) is 28.0 Å². The zero-order valence-electron chi connectivity index (χ0n) is 29.2. The molecule has 7 aromatic rings. The molecule has 0 aliphatic rings. The summed E-state index contributed by atoms with van der Waals surface area (Å²) in [5.41, 5.74) is -0.697. The Kier molecular flexibility index (Phi) is 13.1. The second kappa shape index (κ2) is 18.1. The average Bonchev–Trinajstić information content (AvgIpc) is 3.20. The smallest absolute Gasteiger partial charge is 0.485 e. The minimum atomic E-state index is -6.09. The van der Waals surface area contributed by atoms with Gasteiger partial charge in [-0.3, -0.25) is 0 Å². The van der Waals surface area contributed by atoms with E-state index in [-0.39, 0.29) is 10.9 Å². The number of benzene rings is 7. The van der Waals surface area contributed by atoms with E-state index in [9.17, 15) is 13.2 Å². The van der Waals surface area contributed by atoms with E-state index in [1.54, 1.807) is 30.6 Å². The number of rotatable bonds is 10. The third-order valence-corrected chi connectivity index (χ3v) is 12.9. The largest absolute Gasteiger partial charge is 0.741 e. The van der Waals surface area contributed by atoms with Gasteiger partial charge in [-0.2, -0.15) is 13.2 Å². The zero-order chi connectivity index (χ0) is 38.8. The van der Waals surface area contributed by atoms with Gasteiger partial charge in [0.1, 0.15) is 5.75 Å². The highest BCUT2D eigenvalue weighted by molar-refractivity contribution is 7.99. The molecule has 7 rings (SSSR count). The van der Waals surface area contributed by atoms with Crippen molar-refractivity contribution in [1.29, 1.82) is 0 Å². The minimum absolute atomic E-state index is 0.257. The number of hydrogen-bond acceptors (Lipinski definition) is 6. The molecule has 0 unspecified atom stereocenters. The van der Waals surface area contributed by atoms with Crippen LogP contribution in [0.15, 0.2) is 216 Å². The molecule has 278 valence electrons. The van der Waals surface area contributed by atoms with Crippen LogP contribution in [0.4, 0.5) is 13.2 Å². The van der Waals surface area contributed by atoms with Crippen LogP contribution in [0.1, 0.15) is 0 Å². The van der Waals surface area contributed by atoms with Gasteiger partial charge in [0.15, 0.2) is 24.8 Å². The fourth-order valence-electron chi connectivity index (χ4n) is 5.37. The van der Waals surface area contributed by atoms with E-state index in [0.717, 1.165) is 5.75 Å². The number of halogens is 3. The van der Waals surface area contributed by atoms with E-state index in [1.807, 2.05) is 0 Å². The molecule has 0 atom stereocenters. The molecule has 0 radical (unpaired) electrons. The molecule has 11 heteroatoms. The summed E-state index contributed by atoms with van der Waals surface area (Å²) in [4.78, 5) is 8.75. The summed E-state index contributed by atoms with van der Waals surface area (Å²) < 4.78 is 64.4. The van der Waals surface area contributed by atoms with E-state index >= 15 is 0 Å². The van der Waals surface area contributed by atoms with Gasteiger partial charge in [-0.05, 0) is 119 Å². The minimum Gasteiger partial charge on any atom is -0.741 e. The summed E-state index contributed by atoms with van der Waals surface area (Å²) in [6.45, 7) is 0. The topological polar surface area (TPSA) is 66.4 Å². The highest BCUT2D eigenvalue weighted by Gasteiger charge is 2.37. The molecule has 55 heavy (non-hydrogen) atoms. The SMILES string of the molecule is COc1ccc([S+](c2ccc(Sc3ccc(-c4ccccc4)cc3)cc2)c2ccc(Sc3ccc(-c4ccccc4)cc3)cc2)cc1.O=S(=O)([O-])C(F)(F)F. The van der Waals surface area contributed by atoms with Crippen molar-refractivity contribution in [2.45, 2.75) is 39.8 Å². The lowest BCUT2D eigenvalue weighted by Gasteiger charge is -2.11. The summed E-state index contributed by atoms with van der Waals surface area (Å²) >= 11 is 3.59. The molecule has 0 N–H and O–H groups in total. The molecule has 0 saturated heterocycles. The van der Waals surface area contributed by atoms with Gasteiger partial charge >= 0.3 is 5.51 Å². The first-order valence-electron chi connectivity index (χ1n) is 16.7. The van der Waals surface area contributed by atoms with Gasteiger partial charge in [0.05, 0.1) is 18.0 Å². The van der Waals surface area contributed by atoms with Crippen LogP contribution >= 0.6 is 23.5 Å². The van der Waals surface area contributed by atoms with Gasteiger partial charge in [-0.25, -0.2) is 8.42 Å². The maximum atomic E-state index is 10.7. The molecule has 4 nitrogen and oxygen atoms in total. The molecule has 0 aliphatic heterocycles. The third-order valence-electron chi connectivity index (χ3n) is 8.09. The van der Waals surface area contributed by atoms with Crippen LogP contribution in [-0.4, -0.2) is 25.6 Å². The van der Waals surface area contributed by atoms with Gasteiger partial charge in [-0.1, -0.05) is 108 Å². The van der Waals surface area contributed by atoms with Crippen LogP contribution in [0.2, 0.25) is 0 Å². The van der Waals surface area contributed by atoms with Crippen LogP contribution in [0.5, 0.6) is 5.75 Å². The van der Waals surface area contributed by atoms with Crippen molar-refractivity contribution in [2.75, 3.05) is 7.11 Å². The first-order valence-corrected chi connectivity index (χ1v) is 21.0. The first-order chi connectivity index (χ1) is 26.5. The molecule has 0 aromatic heterocycles. The van der Waals surface area contributed by atoms with E-state index in [4.69, 9.17) is 17.7 Å². The van der Waals surface area contributed by atoms with Crippen molar-refractivity contribution in [1.82, 2.24) is 0 Å². The van der Waals surface area contributed by atoms with Crippen molar-refractivity contribution >= 4 is 44.5 Å². The summed E-state index contributed by atoms with van der Waals surface area (Å²) in [5.74, 6) is 0.868. The summed E-state index contributed by atoms with van der Waals surface area (Å²) in [7, 11) is -4.63. The molecule has 0 heterocycles. The normalized spacial score (nSPS) is 11.5. The lowest BCUT2D eigenvalue weighted by Crippen LogP contribution is -2.21. The molecule has 0 aliphatic carbocycles. The predicted molar refractivity (Wildman–Crippen MR) is 216 cm³/mol. The summed E-state index contributed by atoms with van der Waals surface area (Å²) in [5, 5.41) is 0. The average molecular weight is 811 g/mol. The zero-order valence-corrected chi connectivity index (χ0v) is 32.5. The van der Waals surface area contributed by atoms with Gasteiger partial charge in [0.25, 0.3) is 0 Å². The Bertz CT molecular complexity index is 2250. The van der Waals surface area contributed by atoms with Crippen LogP contribution in [0.3, 0.4) is 0 Å². The molecule has 0 fully saturated rings. The molecule has 0 bridgehead atoms. The maximum Gasteiger partial charge on any atom is 0.485 e. The monoisotopic (exact) mass is 810 g/mol. The third kappa shape index (κ3) is 10.9. The standard InChI is InChI=1S/C43H33OS3.CHF3O3S/c1-44-36-16-26-41(27-17-36)47(42-28-22-39(23-29-42)45-37-18-12-34(13-19-37)32-8-4-2-5-9-32)43-30-24-40(25-31-43)46-38-20-14-35(15-21-38)33-10-6-3-7-11-33;2-1(3,4)8(5,6)7/h2-31H,1H3;(H,5,6,7)/q+1;/p-1. The van der Waals surface area contributed by atoms with Crippen LogP contribution in [0.25, 0.3) is 22.3 Å². The maximum absolute atomic E-state index is 10.7. The van der Waals surface area contributed by atoms with E-state index in [1.165, 1.54) is 56.5 Å². The number of alkyl halides is 3. The quantitative estimate of drug-likeness (QED) is 0.0779. The van der Waals surface area contributed by atoms with Gasteiger partial charge in [0, 0.05) is 19.6 Å². The molecular formula is C44H33F3O4S4. The van der Waals surface area contributed by atoms with E-state index in [0.29, 0.717) is 0 Å². The highest BCUT2D eigenvalue weighted by atomic mass is 32.2. The van der Waals surface area contributed by atoms with Crippen molar-refractivity contribution in [3.63, 3.8) is 0 Å². The Balaban J connectivity index is 0.000000581. The Morgan fingerprint density at radius 2 is 0.745 bits per heavy atom. The molecule has 0 amide bonds. The van der Waals surface area contributed by atoms with Crippen molar-refractivity contribution < 1.29 is 30.9 Å². The van der Waals surface area contributed by atoms with Crippen molar-refractivity contribution in [3.05, 3.63) is 182 Å².